The summed E-state index contributed by atoms with van der Waals surface area (Å²) < 4.78 is 42.8. The van der Waals surface area contributed by atoms with Crippen molar-refractivity contribution in [3.05, 3.63) is 48.0 Å². The molecule has 55 heavy (non-hydrogen) atoms. The molecule has 6 atom stereocenters. The van der Waals surface area contributed by atoms with E-state index in [1.165, 1.54) is 114 Å². The number of nitrogens with zero attached hydrogens (tertiary/aromatic N) is 5. The largest absolute Gasteiger partial charge is 0.472 e. The van der Waals surface area contributed by atoms with Crippen molar-refractivity contribution in [2.75, 3.05) is 32.2 Å². The summed E-state index contributed by atoms with van der Waals surface area (Å²) in [6.45, 7) is 3.27. The minimum absolute atomic E-state index is 0.0488. The highest BCUT2D eigenvalue weighted by Crippen LogP contribution is 2.47. The average Bonchev–Trinajstić information content (AvgIpc) is 3.71. The maximum absolute atomic E-state index is 13.0. The number of aliphatic hydroxyl groups excluding tert-OH is 2. The quantitative estimate of drug-likeness (QED) is 0.0431. The lowest BCUT2D eigenvalue weighted by Crippen LogP contribution is -2.44. The van der Waals surface area contributed by atoms with Crippen molar-refractivity contribution in [3.8, 4) is 11.9 Å². The van der Waals surface area contributed by atoms with E-state index in [-0.39, 0.29) is 18.3 Å². The predicted octanol–water partition coefficient (Wildman–Crippen LogP) is 6.99. The molecule has 1 aliphatic rings. The van der Waals surface area contributed by atoms with Gasteiger partial charge in [-0.25, -0.2) is 19.0 Å². The van der Waals surface area contributed by atoms with Gasteiger partial charge in [-0.2, -0.15) is 10.4 Å². The normalized spacial score (nSPS) is 21.4. The molecule has 1 saturated heterocycles. The molecule has 15 nitrogen and oxygen atoms in total. The van der Waals surface area contributed by atoms with Crippen molar-refractivity contribution >= 4 is 19.2 Å². The zero-order valence-electron chi connectivity index (χ0n) is 32.5. The number of ether oxygens (including phenoxy) is 3. The lowest BCUT2D eigenvalue weighted by Gasteiger charge is -2.28. The van der Waals surface area contributed by atoms with Crippen LogP contribution < -0.4 is 10.5 Å². The highest BCUT2D eigenvalue weighted by molar-refractivity contribution is 7.47. The number of anilines is 1. The molecule has 5 N–H and O–H groups in total. The van der Waals surface area contributed by atoms with E-state index in [0.717, 1.165) is 19.3 Å². The number of hydrogen-bond acceptors (Lipinski definition) is 13. The minimum Gasteiger partial charge on any atom is -0.469 e. The molecule has 16 heteroatoms. The van der Waals surface area contributed by atoms with Gasteiger partial charge >= 0.3 is 7.82 Å². The molecule has 0 radical (unpaired) electrons. The first kappa shape index (κ1) is 44.5. The van der Waals surface area contributed by atoms with Crippen molar-refractivity contribution in [2.45, 2.75) is 147 Å². The molecule has 4 rings (SSSR count). The van der Waals surface area contributed by atoms with Crippen molar-refractivity contribution < 1.29 is 42.9 Å². The first-order valence-electron chi connectivity index (χ1n) is 19.9. The van der Waals surface area contributed by atoms with Crippen LogP contribution in [0.1, 0.15) is 134 Å². The molecule has 0 spiro atoms. The Labute approximate surface area is 325 Å². The zero-order valence-corrected chi connectivity index (χ0v) is 33.4. The van der Waals surface area contributed by atoms with Gasteiger partial charge in [-0.3, -0.25) is 9.05 Å². The molecule has 3 aromatic heterocycles. The molecule has 0 amide bonds. The number of nitrogens with two attached hydrogens (primary N) is 1. The number of pyridine rings is 1. The topological polar surface area (TPSA) is 217 Å². The van der Waals surface area contributed by atoms with Crippen LogP contribution in [0.4, 0.5) is 5.82 Å². The smallest absolute Gasteiger partial charge is 0.469 e. The fourth-order valence-electron chi connectivity index (χ4n) is 6.69. The van der Waals surface area contributed by atoms with Crippen LogP contribution in [0.25, 0.3) is 5.52 Å². The van der Waals surface area contributed by atoms with E-state index < -0.39 is 51.1 Å². The Balaban J connectivity index is 1.16. The molecule has 0 aromatic carbocycles. The van der Waals surface area contributed by atoms with Gasteiger partial charge in [0.2, 0.25) is 5.88 Å². The third-order valence-corrected chi connectivity index (χ3v) is 10.9. The third kappa shape index (κ3) is 14.4. The number of aromatic nitrogens is 4. The minimum atomic E-state index is -4.72. The molecule has 0 aliphatic carbocycles. The van der Waals surface area contributed by atoms with Gasteiger partial charge in [0.05, 0.1) is 31.1 Å². The summed E-state index contributed by atoms with van der Waals surface area (Å²) in [6.07, 6.45) is 18.3. The fraction of sp³-hybridized carbons (Fsp3) is 0.692. The lowest BCUT2D eigenvalue weighted by molar-refractivity contribution is -0.100. The number of aliphatic hydroxyl groups is 2. The molecule has 3 aromatic rings. The van der Waals surface area contributed by atoms with Crippen molar-refractivity contribution in [1.82, 2.24) is 19.6 Å². The van der Waals surface area contributed by atoms with Crippen LogP contribution in [0.2, 0.25) is 0 Å². The van der Waals surface area contributed by atoms with E-state index in [0.29, 0.717) is 23.4 Å². The molecule has 1 unspecified atom stereocenters. The predicted molar refractivity (Wildman–Crippen MR) is 207 cm³/mol. The molecule has 1 aliphatic heterocycles. The van der Waals surface area contributed by atoms with E-state index in [2.05, 4.69) is 22.0 Å². The van der Waals surface area contributed by atoms with Gasteiger partial charge in [0.15, 0.2) is 5.82 Å². The summed E-state index contributed by atoms with van der Waals surface area (Å²) >= 11 is 0. The van der Waals surface area contributed by atoms with Crippen LogP contribution in [0, 0.1) is 11.3 Å². The summed E-state index contributed by atoms with van der Waals surface area (Å²) in [7, 11) is -4.72. The van der Waals surface area contributed by atoms with E-state index >= 15 is 0 Å². The van der Waals surface area contributed by atoms with Crippen LogP contribution in [0.3, 0.4) is 0 Å². The Hall–Kier alpha value is -3.19. The van der Waals surface area contributed by atoms with Gasteiger partial charge in [-0.1, -0.05) is 103 Å². The first-order chi connectivity index (χ1) is 26.6. The molecular weight excluding hydrogens is 727 g/mol. The summed E-state index contributed by atoms with van der Waals surface area (Å²) in [5.41, 5.74) is 5.58. The van der Waals surface area contributed by atoms with Crippen molar-refractivity contribution in [2.24, 2.45) is 0 Å². The van der Waals surface area contributed by atoms with Crippen LogP contribution in [0.15, 0.2) is 36.8 Å². The Morgan fingerprint density at radius 2 is 1.56 bits per heavy atom. The summed E-state index contributed by atoms with van der Waals surface area (Å²) in [4.78, 5) is 18.7. The Kier molecular flexibility index (Phi) is 18.7. The van der Waals surface area contributed by atoms with Crippen LogP contribution in [0.5, 0.6) is 5.88 Å². The Bertz CT molecular complexity index is 1640. The summed E-state index contributed by atoms with van der Waals surface area (Å²) in [5.74, 6) is 0.411. The van der Waals surface area contributed by atoms with Gasteiger partial charge in [0.1, 0.15) is 47.9 Å². The molecule has 4 heterocycles. The van der Waals surface area contributed by atoms with Crippen molar-refractivity contribution in [3.63, 3.8) is 0 Å². The van der Waals surface area contributed by atoms with Crippen LogP contribution in [-0.2, 0) is 23.1 Å². The van der Waals surface area contributed by atoms with E-state index in [4.69, 9.17) is 34.3 Å². The number of unbranched alkanes of at least 4 members (excludes halogenated alkanes) is 15. The number of hydrogen-bond donors (Lipinski definition) is 4. The molecular formula is C39H61N6O9P. The maximum atomic E-state index is 13.0. The summed E-state index contributed by atoms with van der Waals surface area (Å²) in [5, 5.41) is 35.1. The van der Waals surface area contributed by atoms with E-state index in [1.807, 2.05) is 6.07 Å². The number of nitriles is 1. The number of phosphoric ester groups is 1. The van der Waals surface area contributed by atoms with Gasteiger partial charge in [-0.05, 0) is 31.5 Å². The standard InChI is InChI=1S/C39H61N6O9P/c1-3-4-5-6-7-8-9-10-11-12-13-14-15-16-17-18-23-50-26-31(53-34-22-19-30(24-40)25-42-34)27-51-55(48,49)52-28-39(2)37(47)35(46)36(54-39)32-20-21-33-38(41)43-29-44-45(32)33/h19-22,25,29,31,35-37,46-47H,3-18,23,26-28H2,1-2H3,(H,48,49)(H2,41,43,44)/t31-,35-,36-,37-,39+/m0/s1. The summed E-state index contributed by atoms with van der Waals surface area (Å²) in [6, 6.07) is 8.36. The number of nitrogen functional groups attached to an aromatic ring is 1. The lowest BCUT2D eigenvalue weighted by atomic mass is 9.97. The van der Waals surface area contributed by atoms with Gasteiger partial charge in [0, 0.05) is 18.9 Å². The second kappa shape index (κ2) is 23.1. The van der Waals surface area contributed by atoms with Gasteiger partial charge in [-0.15, -0.1) is 0 Å². The number of fused-ring (bicyclic) bond motifs is 1. The number of phosphoric acid groups is 1. The Morgan fingerprint density at radius 3 is 2.16 bits per heavy atom. The molecule has 0 bridgehead atoms. The molecule has 1 fully saturated rings. The second-order valence-electron chi connectivity index (χ2n) is 14.6. The first-order valence-corrected chi connectivity index (χ1v) is 21.4. The van der Waals surface area contributed by atoms with Crippen molar-refractivity contribution in [1.29, 1.82) is 5.26 Å². The van der Waals surface area contributed by atoms with Gasteiger partial charge in [0.25, 0.3) is 0 Å². The highest BCUT2D eigenvalue weighted by atomic mass is 31.2. The Morgan fingerprint density at radius 1 is 0.927 bits per heavy atom. The maximum Gasteiger partial charge on any atom is 0.472 e. The SMILES string of the molecule is CCCCCCCCCCCCCCCCCCOC[C@@H](COP(=O)(O)OC[C@@]1(C)O[C@@H](c2ccc3c(N)ncnn23)[C@H](O)[C@@H]1O)Oc1ccc(C#N)cn1. The second-order valence-corrected chi connectivity index (χ2v) is 16.1. The number of rotatable bonds is 28. The van der Waals surface area contributed by atoms with E-state index in [1.54, 1.807) is 18.2 Å². The van der Waals surface area contributed by atoms with E-state index in [9.17, 15) is 19.7 Å². The fourth-order valence-corrected chi connectivity index (χ4v) is 7.54. The van der Waals surface area contributed by atoms with Crippen LogP contribution >= 0.6 is 7.82 Å². The molecule has 0 saturated carbocycles. The third-order valence-electron chi connectivity index (χ3n) is 9.99. The molecule has 306 valence electrons. The van der Waals surface area contributed by atoms with Crippen LogP contribution in [-0.4, -0.2) is 85.0 Å². The monoisotopic (exact) mass is 788 g/mol. The van der Waals surface area contributed by atoms with Gasteiger partial charge < -0.3 is 35.1 Å². The zero-order chi connectivity index (χ0) is 39.5. The average molecular weight is 789 g/mol. The highest BCUT2D eigenvalue weighted by Gasteiger charge is 2.53.